The van der Waals surface area contributed by atoms with Crippen molar-refractivity contribution in [1.82, 2.24) is 14.9 Å². The molecule has 1 aliphatic rings. The molecule has 1 amide bonds. The van der Waals surface area contributed by atoms with Gasteiger partial charge in [-0.05, 0) is 18.6 Å². The van der Waals surface area contributed by atoms with Gasteiger partial charge in [0.05, 0.1) is 17.8 Å². The van der Waals surface area contributed by atoms with Gasteiger partial charge in [-0.25, -0.2) is 9.97 Å². The number of hydrogen-bond acceptors (Lipinski definition) is 4. The van der Waals surface area contributed by atoms with Crippen LogP contribution in [0.1, 0.15) is 35.8 Å². The molecule has 2 heterocycles. The third-order valence-corrected chi connectivity index (χ3v) is 3.99. The van der Waals surface area contributed by atoms with Gasteiger partial charge in [-0.2, -0.15) is 0 Å². The van der Waals surface area contributed by atoms with Crippen molar-refractivity contribution in [2.24, 2.45) is 0 Å². The maximum atomic E-state index is 12.7. The molecule has 1 aliphatic heterocycles. The monoisotopic (exact) mass is 311 g/mol. The number of amides is 1. The zero-order valence-corrected chi connectivity index (χ0v) is 13.3. The smallest absolute Gasteiger partial charge is 0.257 e. The maximum absolute atomic E-state index is 12.7. The van der Waals surface area contributed by atoms with E-state index < -0.39 is 0 Å². The third kappa shape index (κ3) is 3.67. The van der Waals surface area contributed by atoms with Crippen LogP contribution in [0, 0.1) is 0 Å². The van der Waals surface area contributed by atoms with Crippen molar-refractivity contribution in [3.8, 4) is 5.75 Å². The molecule has 1 atom stereocenters. The fraction of sp³-hybridized carbons (Fsp3) is 0.389. The quantitative estimate of drug-likeness (QED) is 0.852. The number of carbonyl (C=O) groups is 1. The summed E-state index contributed by atoms with van der Waals surface area (Å²) in [5.41, 5.74) is 1.45. The minimum atomic E-state index is 0.00760. The van der Waals surface area contributed by atoms with Gasteiger partial charge in [0.25, 0.3) is 5.91 Å². The maximum Gasteiger partial charge on any atom is 0.257 e. The first-order valence-electron chi connectivity index (χ1n) is 8.07. The fourth-order valence-electron chi connectivity index (χ4n) is 2.84. The number of aryl methyl sites for hydroxylation is 1. The number of hydrogen-bond donors (Lipinski definition) is 0. The largest absolute Gasteiger partial charge is 0.489 e. The van der Waals surface area contributed by atoms with Crippen LogP contribution in [0.5, 0.6) is 5.75 Å². The summed E-state index contributed by atoms with van der Waals surface area (Å²) < 4.78 is 5.94. The van der Waals surface area contributed by atoms with Crippen LogP contribution in [0.4, 0.5) is 0 Å². The van der Waals surface area contributed by atoms with Gasteiger partial charge < -0.3 is 9.64 Å². The Morgan fingerprint density at radius 3 is 2.96 bits per heavy atom. The average Bonchev–Trinajstić information content (AvgIpc) is 3.04. The van der Waals surface area contributed by atoms with Crippen molar-refractivity contribution in [1.29, 1.82) is 0 Å². The standard InChI is InChI=1S/C18H21N3O2/c1-2-6-17-16(11-19-13-20-17)18(22)21-10-9-15(12-21)23-14-7-4-3-5-8-14/h3-5,7-8,11,13,15H,2,6,9-10,12H2,1H3/t15-/m1/s1. The zero-order valence-electron chi connectivity index (χ0n) is 13.3. The van der Waals surface area contributed by atoms with Gasteiger partial charge in [0.2, 0.25) is 0 Å². The molecular formula is C18H21N3O2. The number of aromatic nitrogens is 2. The van der Waals surface area contributed by atoms with E-state index in [1.807, 2.05) is 35.2 Å². The lowest BCUT2D eigenvalue weighted by atomic mass is 10.1. The topological polar surface area (TPSA) is 55.3 Å². The number of ether oxygens (including phenoxy) is 1. The Kier molecular flexibility index (Phi) is 4.86. The summed E-state index contributed by atoms with van der Waals surface area (Å²) in [6.45, 7) is 3.39. The number of para-hydroxylation sites is 1. The van der Waals surface area contributed by atoms with Crippen molar-refractivity contribution in [2.75, 3.05) is 13.1 Å². The van der Waals surface area contributed by atoms with E-state index in [-0.39, 0.29) is 12.0 Å². The number of rotatable bonds is 5. The van der Waals surface area contributed by atoms with Gasteiger partial charge in [0, 0.05) is 19.2 Å². The highest BCUT2D eigenvalue weighted by atomic mass is 16.5. The highest BCUT2D eigenvalue weighted by Gasteiger charge is 2.29. The Hall–Kier alpha value is -2.43. The van der Waals surface area contributed by atoms with Crippen LogP contribution < -0.4 is 4.74 Å². The molecule has 1 aromatic heterocycles. The predicted molar refractivity (Wildman–Crippen MR) is 87.4 cm³/mol. The first-order valence-corrected chi connectivity index (χ1v) is 8.07. The second-order valence-electron chi connectivity index (χ2n) is 5.73. The summed E-state index contributed by atoms with van der Waals surface area (Å²) in [5.74, 6) is 0.856. The van der Waals surface area contributed by atoms with Gasteiger partial charge in [-0.15, -0.1) is 0 Å². The first-order chi connectivity index (χ1) is 11.3. The predicted octanol–water partition coefficient (Wildman–Crippen LogP) is 2.72. The minimum Gasteiger partial charge on any atom is -0.489 e. The number of likely N-dealkylation sites (tertiary alicyclic amines) is 1. The lowest BCUT2D eigenvalue weighted by Crippen LogP contribution is -2.32. The molecule has 1 saturated heterocycles. The molecule has 5 heteroatoms. The Bertz CT molecular complexity index is 660. The summed E-state index contributed by atoms with van der Waals surface area (Å²) in [6, 6.07) is 9.74. The molecule has 0 bridgehead atoms. The number of carbonyl (C=O) groups excluding carboxylic acids is 1. The minimum absolute atomic E-state index is 0.00760. The highest BCUT2D eigenvalue weighted by Crippen LogP contribution is 2.20. The SMILES string of the molecule is CCCc1ncncc1C(=O)N1CC[C@@H](Oc2ccccc2)C1. The first kappa shape index (κ1) is 15.5. The molecule has 23 heavy (non-hydrogen) atoms. The summed E-state index contributed by atoms with van der Waals surface area (Å²) in [6.07, 6.45) is 5.77. The van der Waals surface area contributed by atoms with Gasteiger partial charge in [-0.3, -0.25) is 4.79 Å². The fourth-order valence-corrected chi connectivity index (χ4v) is 2.84. The molecule has 3 rings (SSSR count). The van der Waals surface area contributed by atoms with E-state index in [9.17, 15) is 4.79 Å². The van der Waals surface area contributed by atoms with Crippen molar-refractivity contribution in [3.63, 3.8) is 0 Å². The molecule has 0 N–H and O–H groups in total. The van der Waals surface area contributed by atoms with Crippen molar-refractivity contribution in [3.05, 3.63) is 54.1 Å². The van der Waals surface area contributed by atoms with Crippen molar-refractivity contribution >= 4 is 5.91 Å². The van der Waals surface area contributed by atoms with Crippen LogP contribution in [0.25, 0.3) is 0 Å². The molecule has 1 aromatic carbocycles. The second kappa shape index (κ2) is 7.22. The Balaban J connectivity index is 1.66. The lowest BCUT2D eigenvalue weighted by Gasteiger charge is -2.18. The number of benzene rings is 1. The Morgan fingerprint density at radius 2 is 2.17 bits per heavy atom. The van der Waals surface area contributed by atoms with Crippen molar-refractivity contribution < 1.29 is 9.53 Å². The van der Waals surface area contributed by atoms with Gasteiger partial charge >= 0.3 is 0 Å². The summed E-state index contributed by atoms with van der Waals surface area (Å²) in [5, 5.41) is 0. The highest BCUT2D eigenvalue weighted by molar-refractivity contribution is 5.95. The molecular weight excluding hydrogens is 290 g/mol. The van der Waals surface area contributed by atoms with E-state index in [1.54, 1.807) is 6.20 Å². The van der Waals surface area contributed by atoms with Crippen LogP contribution in [-0.2, 0) is 6.42 Å². The van der Waals surface area contributed by atoms with Crippen LogP contribution >= 0.6 is 0 Å². The zero-order chi connectivity index (χ0) is 16.1. The van der Waals surface area contributed by atoms with E-state index in [2.05, 4.69) is 16.9 Å². The van der Waals surface area contributed by atoms with E-state index in [0.29, 0.717) is 18.7 Å². The average molecular weight is 311 g/mol. The van der Waals surface area contributed by atoms with E-state index in [4.69, 9.17) is 4.74 Å². The molecule has 0 radical (unpaired) electrons. The molecule has 120 valence electrons. The summed E-state index contributed by atoms with van der Waals surface area (Å²) >= 11 is 0. The Labute approximate surface area is 136 Å². The van der Waals surface area contributed by atoms with Crippen LogP contribution in [-0.4, -0.2) is 40.0 Å². The lowest BCUT2D eigenvalue weighted by molar-refractivity contribution is 0.0770. The van der Waals surface area contributed by atoms with Crippen LogP contribution in [0.2, 0.25) is 0 Å². The molecule has 2 aromatic rings. The van der Waals surface area contributed by atoms with E-state index >= 15 is 0 Å². The molecule has 5 nitrogen and oxygen atoms in total. The van der Waals surface area contributed by atoms with Crippen LogP contribution in [0.15, 0.2) is 42.9 Å². The van der Waals surface area contributed by atoms with E-state index in [0.717, 1.165) is 30.7 Å². The summed E-state index contributed by atoms with van der Waals surface area (Å²) in [7, 11) is 0. The number of nitrogens with zero attached hydrogens (tertiary/aromatic N) is 3. The van der Waals surface area contributed by atoms with E-state index in [1.165, 1.54) is 6.33 Å². The van der Waals surface area contributed by atoms with Gasteiger partial charge in [-0.1, -0.05) is 31.5 Å². The third-order valence-electron chi connectivity index (χ3n) is 3.99. The summed E-state index contributed by atoms with van der Waals surface area (Å²) in [4.78, 5) is 22.8. The van der Waals surface area contributed by atoms with Crippen LogP contribution in [0.3, 0.4) is 0 Å². The Morgan fingerprint density at radius 1 is 1.35 bits per heavy atom. The molecule has 0 aliphatic carbocycles. The molecule has 0 saturated carbocycles. The molecule has 0 unspecified atom stereocenters. The van der Waals surface area contributed by atoms with Gasteiger partial charge in [0.15, 0.2) is 0 Å². The normalized spacial score (nSPS) is 17.3. The van der Waals surface area contributed by atoms with Crippen molar-refractivity contribution in [2.45, 2.75) is 32.3 Å². The van der Waals surface area contributed by atoms with Gasteiger partial charge in [0.1, 0.15) is 18.2 Å². The molecule has 0 spiro atoms. The second-order valence-corrected chi connectivity index (χ2v) is 5.73. The molecule has 1 fully saturated rings.